The zero-order valence-electron chi connectivity index (χ0n) is 11.1. The van der Waals surface area contributed by atoms with Gasteiger partial charge in [0.05, 0.1) is 5.02 Å². The maximum atomic E-state index is 6.50. The van der Waals surface area contributed by atoms with Gasteiger partial charge in [0.15, 0.2) is 0 Å². The van der Waals surface area contributed by atoms with Crippen molar-refractivity contribution in [2.45, 2.75) is 25.9 Å². The highest BCUT2D eigenvalue weighted by molar-refractivity contribution is 7.19. The Morgan fingerprint density at radius 2 is 2.21 bits per heavy atom. The molecular weight excluding hydrogens is 276 g/mol. The number of thiophene rings is 1. The van der Waals surface area contributed by atoms with Crippen molar-refractivity contribution in [1.82, 2.24) is 4.90 Å². The van der Waals surface area contributed by atoms with Crippen LogP contribution in [0.2, 0.25) is 5.02 Å². The average Bonchev–Trinajstić information content (AvgIpc) is 2.72. The molecule has 0 saturated carbocycles. The van der Waals surface area contributed by atoms with Gasteiger partial charge in [0, 0.05) is 40.6 Å². The van der Waals surface area contributed by atoms with Gasteiger partial charge in [0.25, 0.3) is 0 Å². The molecule has 0 radical (unpaired) electrons. The number of hydrogen-bond donors (Lipinski definition) is 1. The molecule has 1 aromatic heterocycles. The van der Waals surface area contributed by atoms with Crippen LogP contribution in [0.4, 0.5) is 0 Å². The summed E-state index contributed by atoms with van der Waals surface area (Å²) in [6.07, 6.45) is 1.09. The molecule has 1 aliphatic rings. The molecule has 1 aliphatic heterocycles. The van der Waals surface area contributed by atoms with Crippen LogP contribution in [0.25, 0.3) is 10.1 Å². The fourth-order valence-corrected chi connectivity index (χ4v) is 4.30. The van der Waals surface area contributed by atoms with E-state index in [1.807, 2.05) is 17.4 Å². The Morgan fingerprint density at radius 1 is 1.42 bits per heavy atom. The van der Waals surface area contributed by atoms with Gasteiger partial charge < -0.3 is 5.73 Å². The highest BCUT2D eigenvalue weighted by Gasteiger charge is 2.24. The summed E-state index contributed by atoms with van der Waals surface area (Å²) in [5, 5.41) is 2.12. The van der Waals surface area contributed by atoms with Crippen molar-refractivity contribution in [3.8, 4) is 0 Å². The quantitative estimate of drug-likeness (QED) is 0.914. The van der Waals surface area contributed by atoms with Crippen LogP contribution < -0.4 is 5.73 Å². The van der Waals surface area contributed by atoms with E-state index in [9.17, 15) is 0 Å². The summed E-state index contributed by atoms with van der Waals surface area (Å²) in [6.45, 7) is 5.35. The fourth-order valence-electron chi connectivity index (χ4n) is 2.76. The second-order valence-corrected chi connectivity index (χ2v) is 7.02. The van der Waals surface area contributed by atoms with Gasteiger partial charge >= 0.3 is 0 Å². The first-order chi connectivity index (χ1) is 9.15. The average molecular weight is 295 g/mol. The van der Waals surface area contributed by atoms with Crippen molar-refractivity contribution >= 4 is 33.0 Å². The molecule has 4 heteroatoms. The van der Waals surface area contributed by atoms with Crippen LogP contribution in [-0.2, 0) is 6.54 Å². The summed E-state index contributed by atoms with van der Waals surface area (Å²) in [5.41, 5.74) is 6.07. The van der Waals surface area contributed by atoms with Gasteiger partial charge in [-0.05, 0) is 18.4 Å². The van der Waals surface area contributed by atoms with E-state index < -0.39 is 0 Å². The van der Waals surface area contributed by atoms with Gasteiger partial charge in [-0.15, -0.1) is 11.3 Å². The van der Waals surface area contributed by atoms with Crippen LogP contribution >= 0.6 is 22.9 Å². The number of benzene rings is 1. The van der Waals surface area contributed by atoms with Gasteiger partial charge in [0.1, 0.15) is 0 Å². The van der Waals surface area contributed by atoms with Crippen LogP contribution in [0, 0.1) is 5.92 Å². The Bertz CT molecular complexity index is 581. The third-order valence-electron chi connectivity index (χ3n) is 4.02. The summed E-state index contributed by atoms with van der Waals surface area (Å²) in [6, 6.07) is 8.72. The van der Waals surface area contributed by atoms with Crippen LogP contribution in [0.3, 0.4) is 0 Å². The van der Waals surface area contributed by atoms with Crippen LogP contribution in [0.15, 0.2) is 24.3 Å². The first-order valence-electron chi connectivity index (χ1n) is 6.79. The normalized spacial score (nSPS) is 25.0. The van der Waals surface area contributed by atoms with E-state index in [1.165, 1.54) is 15.0 Å². The lowest BCUT2D eigenvalue weighted by Gasteiger charge is -2.34. The summed E-state index contributed by atoms with van der Waals surface area (Å²) in [5.74, 6) is 0.571. The molecule has 19 heavy (non-hydrogen) atoms. The fraction of sp³-hybridized carbons (Fsp3) is 0.467. The molecular formula is C15H19ClN2S. The zero-order valence-corrected chi connectivity index (χ0v) is 12.7. The van der Waals surface area contributed by atoms with Gasteiger partial charge in [-0.1, -0.05) is 36.7 Å². The zero-order chi connectivity index (χ0) is 13.4. The Morgan fingerprint density at radius 3 is 2.95 bits per heavy atom. The van der Waals surface area contributed by atoms with E-state index in [0.717, 1.165) is 31.1 Å². The molecule has 2 N–H and O–H groups in total. The number of hydrogen-bond acceptors (Lipinski definition) is 3. The van der Waals surface area contributed by atoms with E-state index in [2.05, 4.69) is 30.0 Å². The minimum Gasteiger partial charge on any atom is -0.327 e. The molecule has 1 saturated heterocycles. The van der Waals surface area contributed by atoms with Crippen molar-refractivity contribution in [3.63, 3.8) is 0 Å². The first kappa shape index (κ1) is 13.4. The SMILES string of the molecule is CC1CN(Cc2sc3ccccc3c2Cl)CCC1N. The Balaban J connectivity index is 1.80. The van der Waals surface area contributed by atoms with Gasteiger partial charge in [-0.2, -0.15) is 0 Å². The first-order valence-corrected chi connectivity index (χ1v) is 7.98. The van der Waals surface area contributed by atoms with Crippen LogP contribution in [0.1, 0.15) is 18.2 Å². The van der Waals surface area contributed by atoms with Gasteiger partial charge in [0.2, 0.25) is 0 Å². The third-order valence-corrected chi connectivity index (χ3v) is 5.72. The van der Waals surface area contributed by atoms with E-state index in [-0.39, 0.29) is 0 Å². The monoisotopic (exact) mass is 294 g/mol. The molecule has 2 atom stereocenters. The molecule has 2 heterocycles. The van der Waals surface area contributed by atoms with Crippen molar-refractivity contribution in [2.24, 2.45) is 11.7 Å². The van der Waals surface area contributed by atoms with Crippen molar-refractivity contribution < 1.29 is 0 Å². The smallest absolute Gasteiger partial charge is 0.0637 e. The molecule has 0 amide bonds. The molecule has 1 fully saturated rings. The molecule has 3 rings (SSSR count). The highest BCUT2D eigenvalue weighted by Crippen LogP contribution is 2.36. The summed E-state index contributed by atoms with van der Waals surface area (Å²) < 4.78 is 1.28. The predicted molar refractivity (Wildman–Crippen MR) is 83.9 cm³/mol. The maximum Gasteiger partial charge on any atom is 0.0637 e. The highest BCUT2D eigenvalue weighted by atomic mass is 35.5. The topological polar surface area (TPSA) is 29.3 Å². The Kier molecular flexibility index (Phi) is 3.81. The van der Waals surface area contributed by atoms with Crippen molar-refractivity contribution in [2.75, 3.05) is 13.1 Å². The number of rotatable bonds is 2. The number of nitrogens with two attached hydrogens (primary N) is 1. The standard InChI is InChI=1S/C15H19ClN2S/c1-10-8-18(7-6-12(10)17)9-14-15(16)11-4-2-3-5-13(11)19-14/h2-5,10,12H,6-9,17H2,1H3. The molecule has 2 nitrogen and oxygen atoms in total. The number of nitrogens with zero attached hydrogens (tertiary/aromatic N) is 1. The number of fused-ring (bicyclic) bond motifs is 1. The Labute approximate surface area is 123 Å². The summed E-state index contributed by atoms with van der Waals surface area (Å²) in [4.78, 5) is 3.76. The second kappa shape index (κ2) is 5.41. The number of halogens is 1. The molecule has 2 aromatic rings. The lowest BCUT2D eigenvalue weighted by atomic mass is 9.95. The van der Waals surface area contributed by atoms with Gasteiger partial charge in [-0.25, -0.2) is 0 Å². The molecule has 102 valence electrons. The molecule has 0 aliphatic carbocycles. The molecule has 1 aromatic carbocycles. The number of likely N-dealkylation sites (tertiary alicyclic amines) is 1. The minimum absolute atomic E-state index is 0.356. The predicted octanol–water partition coefficient (Wildman–Crippen LogP) is 3.72. The summed E-state index contributed by atoms with van der Waals surface area (Å²) in [7, 11) is 0. The van der Waals surface area contributed by atoms with E-state index >= 15 is 0 Å². The van der Waals surface area contributed by atoms with E-state index in [0.29, 0.717) is 12.0 Å². The van der Waals surface area contributed by atoms with E-state index in [1.54, 1.807) is 0 Å². The molecule has 0 spiro atoms. The van der Waals surface area contributed by atoms with Gasteiger partial charge in [-0.3, -0.25) is 4.90 Å². The lowest BCUT2D eigenvalue weighted by molar-refractivity contribution is 0.159. The van der Waals surface area contributed by atoms with Crippen molar-refractivity contribution in [3.05, 3.63) is 34.2 Å². The molecule has 0 bridgehead atoms. The summed E-state index contributed by atoms with van der Waals surface area (Å²) >= 11 is 8.32. The maximum absolute atomic E-state index is 6.50. The largest absolute Gasteiger partial charge is 0.327 e. The van der Waals surface area contributed by atoms with Crippen molar-refractivity contribution in [1.29, 1.82) is 0 Å². The second-order valence-electron chi connectivity index (χ2n) is 5.50. The Hall–Kier alpha value is -0.610. The van der Waals surface area contributed by atoms with Crippen LogP contribution in [0.5, 0.6) is 0 Å². The number of piperidine rings is 1. The van der Waals surface area contributed by atoms with E-state index in [4.69, 9.17) is 17.3 Å². The third kappa shape index (κ3) is 2.65. The molecule has 2 unspecified atom stereocenters. The van der Waals surface area contributed by atoms with Crippen LogP contribution in [-0.4, -0.2) is 24.0 Å². The minimum atomic E-state index is 0.356. The lowest BCUT2D eigenvalue weighted by Crippen LogP contribution is -2.45.